The molecule has 2 aromatic heterocycles. The summed E-state index contributed by atoms with van der Waals surface area (Å²) in [6.07, 6.45) is 0. The standard InChI is InChI=1S/C18H12N4O2/c23-17-11-5-1-3-7-13(11)19-15-10-22-16(9-21(15)17)20-14-8-4-2-6-12(14)18(22)24/h1-8H,9-10H2. The summed E-state index contributed by atoms with van der Waals surface area (Å²) < 4.78 is 3.22. The van der Waals surface area contributed by atoms with E-state index in [9.17, 15) is 9.59 Å². The SMILES string of the molecule is O=c1c2ccccc2nc2n1Cc1nc3ccccc3c(=O)n1C2. The maximum Gasteiger partial charge on any atom is 0.261 e. The summed E-state index contributed by atoms with van der Waals surface area (Å²) in [6.45, 7) is 0.512. The third-order valence-corrected chi connectivity index (χ3v) is 4.48. The highest BCUT2D eigenvalue weighted by molar-refractivity contribution is 5.78. The number of para-hydroxylation sites is 2. The first-order chi connectivity index (χ1) is 11.7. The lowest BCUT2D eigenvalue weighted by Gasteiger charge is -2.22. The fraction of sp³-hybridized carbons (Fsp3) is 0.111. The Kier molecular flexibility index (Phi) is 2.53. The van der Waals surface area contributed by atoms with Crippen molar-refractivity contribution in [2.75, 3.05) is 0 Å². The largest absolute Gasteiger partial charge is 0.287 e. The molecule has 0 atom stereocenters. The van der Waals surface area contributed by atoms with Crippen molar-refractivity contribution in [3.05, 3.63) is 80.9 Å². The summed E-state index contributed by atoms with van der Waals surface area (Å²) >= 11 is 0. The van der Waals surface area contributed by atoms with Gasteiger partial charge in [0.05, 0.1) is 34.9 Å². The van der Waals surface area contributed by atoms with Gasteiger partial charge in [0, 0.05) is 0 Å². The van der Waals surface area contributed by atoms with E-state index in [-0.39, 0.29) is 24.2 Å². The Balaban J connectivity index is 1.81. The van der Waals surface area contributed by atoms with Crippen molar-refractivity contribution >= 4 is 21.8 Å². The van der Waals surface area contributed by atoms with Gasteiger partial charge in [0.2, 0.25) is 0 Å². The molecule has 5 rings (SSSR count). The summed E-state index contributed by atoms with van der Waals surface area (Å²) in [7, 11) is 0. The van der Waals surface area contributed by atoms with E-state index in [1.807, 2.05) is 36.4 Å². The maximum atomic E-state index is 12.7. The highest BCUT2D eigenvalue weighted by Crippen LogP contribution is 2.16. The van der Waals surface area contributed by atoms with Gasteiger partial charge in [-0.05, 0) is 24.3 Å². The van der Waals surface area contributed by atoms with Gasteiger partial charge in [-0.2, -0.15) is 0 Å². The second-order valence-corrected chi connectivity index (χ2v) is 5.87. The molecule has 0 amide bonds. The second kappa shape index (κ2) is 4.61. The van der Waals surface area contributed by atoms with Crippen LogP contribution in [0.4, 0.5) is 0 Å². The van der Waals surface area contributed by atoms with E-state index in [0.717, 1.165) is 0 Å². The lowest BCUT2D eigenvalue weighted by Crippen LogP contribution is -2.38. The van der Waals surface area contributed by atoms with Crippen LogP contribution in [0.25, 0.3) is 21.8 Å². The number of benzene rings is 2. The molecule has 0 saturated heterocycles. The fourth-order valence-electron chi connectivity index (χ4n) is 3.28. The summed E-state index contributed by atoms with van der Waals surface area (Å²) in [4.78, 5) is 34.6. The van der Waals surface area contributed by atoms with Crippen LogP contribution >= 0.6 is 0 Å². The Morgan fingerprint density at radius 2 is 1.08 bits per heavy atom. The van der Waals surface area contributed by atoms with Crippen molar-refractivity contribution in [1.82, 2.24) is 19.1 Å². The first-order valence-corrected chi connectivity index (χ1v) is 7.69. The van der Waals surface area contributed by atoms with Crippen LogP contribution in [0.15, 0.2) is 58.1 Å². The van der Waals surface area contributed by atoms with E-state index in [1.54, 1.807) is 21.3 Å². The molecule has 6 nitrogen and oxygen atoms in total. The number of aromatic nitrogens is 4. The lowest BCUT2D eigenvalue weighted by atomic mass is 10.2. The highest BCUT2D eigenvalue weighted by Gasteiger charge is 2.21. The van der Waals surface area contributed by atoms with E-state index in [1.165, 1.54) is 0 Å². The van der Waals surface area contributed by atoms with Crippen LogP contribution in [0.5, 0.6) is 0 Å². The maximum absolute atomic E-state index is 12.7. The molecule has 0 saturated carbocycles. The Morgan fingerprint density at radius 3 is 1.54 bits per heavy atom. The number of hydrogen-bond donors (Lipinski definition) is 0. The quantitative estimate of drug-likeness (QED) is 0.434. The smallest absolute Gasteiger partial charge is 0.261 e. The van der Waals surface area contributed by atoms with Gasteiger partial charge in [-0.15, -0.1) is 0 Å². The summed E-state index contributed by atoms with van der Waals surface area (Å²) in [5, 5.41) is 1.16. The van der Waals surface area contributed by atoms with E-state index in [0.29, 0.717) is 33.5 Å². The number of rotatable bonds is 0. The van der Waals surface area contributed by atoms with E-state index in [4.69, 9.17) is 0 Å². The molecular formula is C18H12N4O2. The monoisotopic (exact) mass is 316 g/mol. The molecule has 0 fully saturated rings. The average molecular weight is 316 g/mol. The molecular weight excluding hydrogens is 304 g/mol. The zero-order valence-corrected chi connectivity index (χ0v) is 12.6. The summed E-state index contributed by atoms with van der Waals surface area (Å²) in [6, 6.07) is 14.5. The highest BCUT2D eigenvalue weighted by atomic mass is 16.1. The van der Waals surface area contributed by atoms with Gasteiger partial charge >= 0.3 is 0 Å². The van der Waals surface area contributed by atoms with Gasteiger partial charge in [-0.25, -0.2) is 9.97 Å². The molecule has 0 spiro atoms. The molecule has 0 bridgehead atoms. The number of hydrogen-bond acceptors (Lipinski definition) is 4. The summed E-state index contributed by atoms with van der Waals surface area (Å²) in [5.41, 5.74) is 1.12. The van der Waals surface area contributed by atoms with Gasteiger partial charge in [0.25, 0.3) is 11.1 Å². The van der Waals surface area contributed by atoms with Gasteiger partial charge < -0.3 is 0 Å². The molecule has 1 aliphatic heterocycles. The second-order valence-electron chi connectivity index (χ2n) is 5.87. The Morgan fingerprint density at radius 1 is 0.667 bits per heavy atom. The number of nitrogens with zero attached hydrogens (tertiary/aromatic N) is 4. The van der Waals surface area contributed by atoms with Crippen molar-refractivity contribution in [3.8, 4) is 0 Å². The van der Waals surface area contributed by atoms with Crippen molar-refractivity contribution in [1.29, 1.82) is 0 Å². The molecule has 1 aliphatic rings. The third-order valence-electron chi connectivity index (χ3n) is 4.48. The van der Waals surface area contributed by atoms with Crippen LogP contribution in [0.1, 0.15) is 11.6 Å². The molecule has 0 N–H and O–H groups in total. The van der Waals surface area contributed by atoms with E-state index in [2.05, 4.69) is 9.97 Å². The Labute approximate surface area is 135 Å². The van der Waals surface area contributed by atoms with Gasteiger partial charge in [-0.3, -0.25) is 18.7 Å². The van der Waals surface area contributed by atoms with Crippen molar-refractivity contribution in [3.63, 3.8) is 0 Å². The summed E-state index contributed by atoms with van der Waals surface area (Å²) in [5.74, 6) is 1.18. The van der Waals surface area contributed by atoms with Gasteiger partial charge in [0.15, 0.2) is 0 Å². The van der Waals surface area contributed by atoms with Crippen molar-refractivity contribution in [2.24, 2.45) is 0 Å². The van der Waals surface area contributed by atoms with Gasteiger partial charge in [0.1, 0.15) is 11.6 Å². The molecule has 4 aromatic rings. The van der Waals surface area contributed by atoms with Crippen LogP contribution in [-0.2, 0) is 13.1 Å². The fourth-order valence-corrected chi connectivity index (χ4v) is 3.28. The predicted octanol–water partition coefficient (Wildman–Crippen LogP) is 1.52. The minimum Gasteiger partial charge on any atom is -0.287 e. The molecule has 0 radical (unpaired) electrons. The molecule has 0 aliphatic carbocycles. The Hall–Kier alpha value is -3.28. The van der Waals surface area contributed by atoms with Crippen LogP contribution in [0.3, 0.4) is 0 Å². The molecule has 6 heteroatoms. The van der Waals surface area contributed by atoms with Crippen molar-refractivity contribution < 1.29 is 0 Å². The first-order valence-electron chi connectivity index (χ1n) is 7.69. The van der Waals surface area contributed by atoms with Crippen molar-refractivity contribution in [2.45, 2.75) is 13.1 Å². The topological polar surface area (TPSA) is 69.8 Å². The van der Waals surface area contributed by atoms with E-state index < -0.39 is 0 Å². The van der Waals surface area contributed by atoms with Crippen LogP contribution in [-0.4, -0.2) is 19.1 Å². The lowest BCUT2D eigenvalue weighted by molar-refractivity contribution is 0.521. The van der Waals surface area contributed by atoms with Crippen LogP contribution in [0.2, 0.25) is 0 Å². The normalized spacial score (nSPS) is 13.0. The average Bonchev–Trinajstić information content (AvgIpc) is 2.62. The van der Waals surface area contributed by atoms with Gasteiger partial charge in [-0.1, -0.05) is 24.3 Å². The van der Waals surface area contributed by atoms with Crippen LogP contribution < -0.4 is 11.1 Å². The Bertz CT molecular complexity index is 1150. The third kappa shape index (κ3) is 1.70. The van der Waals surface area contributed by atoms with Crippen LogP contribution in [0, 0.1) is 0 Å². The predicted molar refractivity (Wildman–Crippen MR) is 90.2 cm³/mol. The number of fused-ring (bicyclic) bond motifs is 4. The zero-order valence-electron chi connectivity index (χ0n) is 12.6. The molecule has 116 valence electrons. The molecule has 24 heavy (non-hydrogen) atoms. The first kappa shape index (κ1) is 13.2. The minimum atomic E-state index is -0.0933. The van der Waals surface area contributed by atoms with E-state index >= 15 is 0 Å². The molecule has 3 heterocycles. The zero-order chi connectivity index (χ0) is 16.3. The molecule has 0 unspecified atom stereocenters. The minimum absolute atomic E-state index is 0.0933. The molecule has 2 aromatic carbocycles.